The van der Waals surface area contributed by atoms with Crippen LogP contribution in [0.1, 0.15) is 29.8 Å². The van der Waals surface area contributed by atoms with Crippen LogP contribution in [0, 0.1) is 0 Å². The molecule has 0 fully saturated rings. The molecule has 1 rings (SSSR count). The second-order valence-electron chi connectivity index (χ2n) is 5.88. The first-order chi connectivity index (χ1) is 14.2. The second kappa shape index (κ2) is 8.78. The second-order valence-corrected chi connectivity index (χ2v) is 7.42. The Morgan fingerprint density at radius 2 is 1.31 bits per heavy atom. The maximum absolute atomic E-state index is 14.0. The molecule has 182 valence electrons. The number of rotatable bonds is 7. The summed E-state index contributed by atoms with van der Waals surface area (Å²) in [5.74, 6) is -16.2. The SMILES string of the molecule is CCOC(=O)c1ccc(/C(OS(=O)(=O)C(F)(F)F)=C(/C)C(F)(F)C(F)(F)C(F)(F)F)cc1. The Labute approximate surface area is 173 Å². The molecule has 0 aliphatic rings. The number of ether oxygens (including phenoxy) is 1. The van der Waals surface area contributed by atoms with E-state index in [9.17, 15) is 57.1 Å². The van der Waals surface area contributed by atoms with Gasteiger partial charge in [0, 0.05) is 11.1 Å². The zero-order valence-electron chi connectivity index (χ0n) is 15.7. The molecule has 0 radical (unpaired) electrons. The number of hydrogen-bond donors (Lipinski definition) is 0. The number of allylic oxidation sites excluding steroid dienone is 1. The summed E-state index contributed by atoms with van der Waals surface area (Å²) in [7, 11) is -6.78. The summed E-state index contributed by atoms with van der Waals surface area (Å²) in [6.07, 6.45) is -6.86. The van der Waals surface area contributed by atoms with E-state index in [2.05, 4.69) is 8.92 Å². The van der Waals surface area contributed by atoms with Gasteiger partial charge >= 0.3 is 39.6 Å². The van der Waals surface area contributed by atoms with E-state index in [-0.39, 0.29) is 19.1 Å². The molecule has 0 spiro atoms. The number of hydrogen-bond acceptors (Lipinski definition) is 5. The standard InChI is InChI=1S/C16H12F10O5S/c1-3-30-12(27)10-6-4-9(5-7-10)11(31-32(28,29)16(24,25)26)8(2)13(17,18)14(19,20)15(21,22)23/h4-7H,3H2,1-2H3/b11-8+. The molecule has 1 aromatic rings. The van der Waals surface area contributed by atoms with Crippen molar-refractivity contribution in [2.45, 2.75) is 37.4 Å². The van der Waals surface area contributed by atoms with Gasteiger partial charge in [-0.2, -0.15) is 52.3 Å². The van der Waals surface area contributed by atoms with E-state index < -0.39 is 56.5 Å². The van der Waals surface area contributed by atoms with Crippen molar-refractivity contribution in [3.63, 3.8) is 0 Å². The van der Waals surface area contributed by atoms with Crippen LogP contribution in [-0.2, 0) is 19.0 Å². The van der Waals surface area contributed by atoms with Gasteiger partial charge < -0.3 is 8.92 Å². The molecule has 0 heterocycles. The van der Waals surface area contributed by atoms with Crippen molar-refractivity contribution < 1.29 is 66.0 Å². The highest BCUT2D eigenvalue weighted by Crippen LogP contribution is 2.51. The van der Waals surface area contributed by atoms with Gasteiger partial charge in [0.25, 0.3) is 0 Å². The van der Waals surface area contributed by atoms with Crippen LogP contribution >= 0.6 is 0 Å². The van der Waals surface area contributed by atoms with Crippen LogP contribution in [-0.4, -0.2) is 44.5 Å². The Bertz CT molecular complexity index is 976. The minimum absolute atomic E-state index is 0.128. The van der Waals surface area contributed by atoms with Crippen LogP contribution in [0.3, 0.4) is 0 Å². The van der Waals surface area contributed by atoms with Crippen LogP contribution < -0.4 is 0 Å². The fraction of sp³-hybridized carbons (Fsp3) is 0.438. The molecule has 0 aliphatic heterocycles. The van der Waals surface area contributed by atoms with Crippen molar-refractivity contribution in [1.29, 1.82) is 0 Å². The summed E-state index contributed by atoms with van der Waals surface area (Å²) < 4.78 is 161. The smallest absolute Gasteiger partial charge is 0.462 e. The van der Waals surface area contributed by atoms with Gasteiger partial charge in [0.1, 0.15) is 0 Å². The molecular weight excluding hydrogens is 494 g/mol. The summed E-state index contributed by atoms with van der Waals surface area (Å²) in [5.41, 5.74) is -10.1. The molecule has 0 bridgehead atoms. The molecule has 0 unspecified atom stereocenters. The summed E-state index contributed by atoms with van der Waals surface area (Å²) in [4.78, 5) is 11.6. The summed E-state index contributed by atoms with van der Waals surface area (Å²) in [6.45, 7) is 1.10. The Morgan fingerprint density at radius 1 is 0.875 bits per heavy atom. The van der Waals surface area contributed by atoms with Gasteiger partial charge in [-0.1, -0.05) is 12.1 Å². The number of carbonyl (C=O) groups is 1. The Kier molecular flexibility index (Phi) is 7.55. The average molecular weight is 506 g/mol. The largest absolute Gasteiger partial charge is 0.534 e. The lowest BCUT2D eigenvalue weighted by molar-refractivity contribution is -0.344. The quantitative estimate of drug-likeness (QED) is 0.165. The zero-order valence-corrected chi connectivity index (χ0v) is 16.6. The van der Waals surface area contributed by atoms with Gasteiger partial charge in [-0.15, -0.1) is 0 Å². The van der Waals surface area contributed by atoms with Gasteiger partial charge in [-0.25, -0.2) is 4.79 Å². The van der Waals surface area contributed by atoms with Crippen LogP contribution in [0.5, 0.6) is 0 Å². The number of carbonyl (C=O) groups excluding carboxylic acids is 1. The highest BCUT2D eigenvalue weighted by atomic mass is 32.2. The molecule has 1 aromatic carbocycles. The summed E-state index contributed by atoms with van der Waals surface area (Å²) >= 11 is 0. The van der Waals surface area contributed by atoms with Gasteiger partial charge in [0.2, 0.25) is 0 Å². The third-order valence-electron chi connectivity index (χ3n) is 3.70. The Balaban J connectivity index is 3.76. The number of benzene rings is 1. The van der Waals surface area contributed by atoms with Gasteiger partial charge in [-0.05, 0) is 26.0 Å². The first kappa shape index (κ1) is 27.5. The molecule has 5 nitrogen and oxygen atoms in total. The van der Waals surface area contributed by atoms with E-state index in [0.29, 0.717) is 24.3 Å². The number of alkyl halides is 10. The van der Waals surface area contributed by atoms with Crippen LogP contribution in [0.25, 0.3) is 5.76 Å². The molecule has 32 heavy (non-hydrogen) atoms. The highest BCUT2D eigenvalue weighted by Gasteiger charge is 2.74. The Hall–Kier alpha value is -2.52. The van der Waals surface area contributed by atoms with Crippen molar-refractivity contribution in [3.8, 4) is 0 Å². The minimum atomic E-state index is -6.86. The van der Waals surface area contributed by atoms with Gasteiger partial charge in [-0.3, -0.25) is 0 Å². The highest BCUT2D eigenvalue weighted by molar-refractivity contribution is 7.87. The molecule has 0 atom stereocenters. The minimum Gasteiger partial charge on any atom is -0.462 e. The fourth-order valence-electron chi connectivity index (χ4n) is 2.01. The molecule has 16 heteroatoms. The maximum atomic E-state index is 14.0. The molecule has 0 amide bonds. The lowest BCUT2D eigenvalue weighted by Gasteiger charge is -2.30. The third-order valence-corrected chi connectivity index (χ3v) is 4.65. The fourth-order valence-corrected chi connectivity index (χ4v) is 2.55. The van der Waals surface area contributed by atoms with E-state index in [1.54, 1.807) is 0 Å². The van der Waals surface area contributed by atoms with Crippen molar-refractivity contribution >= 4 is 21.8 Å². The Morgan fingerprint density at radius 3 is 1.69 bits per heavy atom. The van der Waals surface area contributed by atoms with Crippen LogP contribution in [0.15, 0.2) is 29.8 Å². The topological polar surface area (TPSA) is 69.7 Å². The lowest BCUT2D eigenvalue weighted by atomic mass is 9.98. The van der Waals surface area contributed by atoms with E-state index in [1.165, 1.54) is 6.92 Å². The van der Waals surface area contributed by atoms with Crippen molar-refractivity contribution in [2.24, 2.45) is 0 Å². The van der Waals surface area contributed by atoms with Crippen molar-refractivity contribution in [1.82, 2.24) is 0 Å². The first-order valence-corrected chi connectivity index (χ1v) is 9.43. The maximum Gasteiger partial charge on any atom is 0.534 e. The predicted octanol–water partition coefficient (Wildman–Crippen LogP) is 5.29. The summed E-state index contributed by atoms with van der Waals surface area (Å²) in [6, 6.07) is 2.37. The normalized spacial score (nSPS) is 14.6. The zero-order chi connectivity index (χ0) is 25.3. The van der Waals surface area contributed by atoms with E-state index in [4.69, 9.17) is 0 Å². The molecule has 0 saturated carbocycles. The average Bonchev–Trinajstić information content (AvgIpc) is 2.64. The number of halogens is 10. The molecule has 0 aliphatic carbocycles. The lowest BCUT2D eigenvalue weighted by Crippen LogP contribution is -2.52. The molecular formula is C16H12F10O5S. The van der Waals surface area contributed by atoms with Crippen LogP contribution in [0.4, 0.5) is 43.9 Å². The van der Waals surface area contributed by atoms with E-state index >= 15 is 0 Å². The first-order valence-electron chi connectivity index (χ1n) is 8.02. The molecule has 0 N–H and O–H groups in total. The number of esters is 1. The molecule has 0 saturated heterocycles. The van der Waals surface area contributed by atoms with E-state index in [1.807, 2.05) is 0 Å². The third kappa shape index (κ3) is 5.27. The van der Waals surface area contributed by atoms with Crippen LogP contribution in [0.2, 0.25) is 0 Å². The van der Waals surface area contributed by atoms with Crippen molar-refractivity contribution in [3.05, 3.63) is 41.0 Å². The van der Waals surface area contributed by atoms with Gasteiger partial charge in [0.15, 0.2) is 5.76 Å². The monoisotopic (exact) mass is 506 g/mol. The van der Waals surface area contributed by atoms with E-state index in [0.717, 1.165) is 0 Å². The van der Waals surface area contributed by atoms with Gasteiger partial charge in [0.05, 0.1) is 12.2 Å². The van der Waals surface area contributed by atoms with Crippen molar-refractivity contribution in [2.75, 3.05) is 6.61 Å². The summed E-state index contributed by atoms with van der Waals surface area (Å²) in [5, 5.41) is 0. The molecule has 0 aromatic heterocycles. The predicted molar refractivity (Wildman–Crippen MR) is 87.0 cm³/mol.